The second kappa shape index (κ2) is 9.81. The van der Waals surface area contributed by atoms with E-state index in [-0.39, 0.29) is 18.1 Å². The number of ether oxygens (including phenoxy) is 2. The summed E-state index contributed by atoms with van der Waals surface area (Å²) < 4.78 is 12.0. The zero-order chi connectivity index (χ0) is 28.0. The molecule has 0 aliphatic carbocycles. The molecule has 41 heavy (non-hydrogen) atoms. The average Bonchev–Trinajstić information content (AvgIpc) is 3.56. The normalized spacial score (nSPS) is 15.9. The minimum absolute atomic E-state index is 0.0103. The molecule has 7 rings (SSSR count). The van der Waals surface area contributed by atoms with E-state index in [1.807, 2.05) is 60.7 Å². The summed E-state index contributed by atoms with van der Waals surface area (Å²) in [7, 11) is 1.60. The Bertz CT molecular complexity index is 1780. The fourth-order valence-electron chi connectivity index (χ4n) is 5.83. The number of ketones is 1. The standard InChI is InChI=1S/C31H26N6O4/c1-40-27-9-5-8-21-22(19-6-3-2-4-7-19)17-24(32-28(21)27)30(39)37-14-12-31(13-15-37)18-25(38)23-16-20(10-11-26(23)41-31)29-33-35-36-34-29/h2-11,16-17H,12-15,18H2,1H3,(H,33,34,35,36). The number of methoxy groups -OCH3 is 1. The number of piperidine rings is 1. The Balaban J connectivity index is 1.14. The number of Topliss-reactive ketones (excluding diaryl/α,β-unsaturated/α-hetero) is 1. The molecule has 10 heteroatoms. The van der Waals surface area contributed by atoms with Crippen LogP contribution in [0.2, 0.25) is 0 Å². The van der Waals surface area contributed by atoms with Crippen molar-refractivity contribution in [2.75, 3.05) is 20.2 Å². The molecule has 1 spiro atoms. The van der Waals surface area contributed by atoms with E-state index >= 15 is 0 Å². The number of hydrogen-bond donors (Lipinski definition) is 1. The van der Waals surface area contributed by atoms with Gasteiger partial charge in [0.1, 0.15) is 28.3 Å². The summed E-state index contributed by atoms with van der Waals surface area (Å²) >= 11 is 0. The van der Waals surface area contributed by atoms with Crippen LogP contribution in [0.1, 0.15) is 40.1 Å². The lowest BCUT2D eigenvalue weighted by atomic mass is 9.82. The van der Waals surface area contributed by atoms with Crippen LogP contribution in [0.25, 0.3) is 33.4 Å². The Morgan fingerprint density at radius 1 is 0.976 bits per heavy atom. The summed E-state index contributed by atoms with van der Waals surface area (Å²) in [6.45, 7) is 0.908. The number of likely N-dealkylation sites (tertiary alicyclic amines) is 1. The molecule has 10 nitrogen and oxygen atoms in total. The minimum atomic E-state index is -0.647. The van der Waals surface area contributed by atoms with Gasteiger partial charge in [-0.25, -0.2) is 10.1 Å². The summed E-state index contributed by atoms with van der Waals surface area (Å²) in [5.74, 6) is 1.51. The first-order valence-corrected chi connectivity index (χ1v) is 13.5. The number of para-hydroxylation sites is 1. The Morgan fingerprint density at radius 3 is 2.56 bits per heavy atom. The summed E-state index contributed by atoms with van der Waals surface area (Å²) in [6, 6.07) is 23.0. The van der Waals surface area contributed by atoms with Crippen LogP contribution < -0.4 is 9.47 Å². The molecule has 0 saturated carbocycles. The largest absolute Gasteiger partial charge is 0.494 e. The Hall–Kier alpha value is -5.12. The highest BCUT2D eigenvalue weighted by atomic mass is 16.5. The monoisotopic (exact) mass is 546 g/mol. The van der Waals surface area contributed by atoms with Crippen molar-refractivity contribution in [1.82, 2.24) is 30.5 Å². The number of aromatic nitrogens is 5. The van der Waals surface area contributed by atoms with Gasteiger partial charge < -0.3 is 14.4 Å². The van der Waals surface area contributed by atoms with Crippen molar-refractivity contribution >= 4 is 22.6 Å². The van der Waals surface area contributed by atoms with E-state index < -0.39 is 5.60 Å². The summed E-state index contributed by atoms with van der Waals surface area (Å²) in [5.41, 5.74) is 3.51. The minimum Gasteiger partial charge on any atom is -0.494 e. The fraction of sp³-hybridized carbons (Fsp3) is 0.226. The third kappa shape index (κ3) is 4.37. The number of aromatic amines is 1. The molecular weight excluding hydrogens is 520 g/mol. The van der Waals surface area contributed by atoms with Gasteiger partial charge in [-0.2, -0.15) is 0 Å². The van der Waals surface area contributed by atoms with E-state index in [0.29, 0.717) is 60.0 Å². The first-order chi connectivity index (χ1) is 20.0. The molecule has 1 fully saturated rings. The maximum atomic E-state index is 13.8. The van der Waals surface area contributed by atoms with Crippen molar-refractivity contribution in [3.8, 4) is 34.0 Å². The summed E-state index contributed by atoms with van der Waals surface area (Å²) in [5, 5.41) is 14.8. The van der Waals surface area contributed by atoms with Crippen molar-refractivity contribution < 1.29 is 19.1 Å². The number of amides is 1. The Kier molecular flexibility index (Phi) is 5.96. The third-order valence-corrected chi connectivity index (χ3v) is 8.00. The lowest BCUT2D eigenvalue weighted by Crippen LogP contribution is -2.52. The second-order valence-corrected chi connectivity index (χ2v) is 10.4. The lowest BCUT2D eigenvalue weighted by molar-refractivity contribution is -0.00582. The van der Waals surface area contributed by atoms with Gasteiger partial charge in [0, 0.05) is 36.9 Å². The van der Waals surface area contributed by atoms with Crippen molar-refractivity contribution in [3.63, 3.8) is 0 Å². The van der Waals surface area contributed by atoms with E-state index in [1.165, 1.54) is 0 Å². The summed E-state index contributed by atoms with van der Waals surface area (Å²) in [6.07, 6.45) is 1.34. The smallest absolute Gasteiger partial charge is 0.272 e. The molecule has 5 aromatic rings. The Morgan fingerprint density at radius 2 is 1.80 bits per heavy atom. The van der Waals surface area contributed by atoms with E-state index in [0.717, 1.165) is 22.1 Å². The highest BCUT2D eigenvalue weighted by Crippen LogP contribution is 2.41. The number of carbonyl (C=O) groups excluding carboxylic acids is 2. The number of hydrogen-bond acceptors (Lipinski definition) is 8. The quantitative estimate of drug-likeness (QED) is 0.343. The number of carbonyl (C=O) groups is 2. The molecule has 1 N–H and O–H groups in total. The zero-order valence-corrected chi connectivity index (χ0v) is 22.3. The van der Waals surface area contributed by atoms with Gasteiger partial charge in [0.2, 0.25) is 0 Å². The zero-order valence-electron chi connectivity index (χ0n) is 22.3. The molecule has 1 saturated heterocycles. The topological polar surface area (TPSA) is 123 Å². The predicted octanol–water partition coefficient (Wildman–Crippen LogP) is 4.73. The molecule has 0 atom stereocenters. The number of fused-ring (bicyclic) bond motifs is 2. The molecule has 2 aliphatic rings. The van der Waals surface area contributed by atoms with Gasteiger partial charge in [-0.1, -0.05) is 42.5 Å². The molecule has 0 bridgehead atoms. The third-order valence-electron chi connectivity index (χ3n) is 8.00. The molecule has 0 radical (unpaired) electrons. The van der Waals surface area contributed by atoms with Gasteiger partial charge in [-0.3, -0.25) is 9.59 Å². The lowest BCUT2D eigenvalue weighted by Gasteiger charge is -2.44. The Labute approximate surface area is 235 Å². The van der Waals surface area contributed by atoms with Gasteiger partial charge in [0.25, 0.3) is 5.91 Å². The van der Waals surface area contributed by atoms with Crippen LogP contribution in [0.5, 0.6) is 11.5 Å². The number of pyridine rings is 1. The molecule has 0 unspecified atom stereocenters. The molecule has 2 aliphatic heterocycles. The molecule has 3 aromatic carbocycles. The van der Waals surface area contributed by atoms with Crippen molar-refractivity contribution in [2.45, 2.75) is 24.9 Å². The molecule has 2 aromatic heterocycles. The van der Waals surface area contributed by atoms with E-state index in [9.17, 15) is 9.59 Å². The van der Waals surface area contributed by atoms with Crippen LogP contribution in [-0.4, -0.2) is 68.0 Å². The van der Waals surface area contributed by atoms with Crippen LogP contribution in [0.3, 0.4) is 0 Å². The maximum absolute atomic E-state index is 13.8. The number of nitrogens with one attached hydrogen (secondary N) is 1. The highest BCUT2D eigenvalue weighted by molar-refractivity contribution is 6.03. The molecule has 4 heterocycles. The maximum Gasteiger partial charge on any atom is 0.272 e. The number of nitrogens with zero attached hydrogens (tertiary/aromatic N) is 5. The average molecular weight is 547 g/mol. The predicted molar refractivity (Wildman–Crippen MR) is 151 cm³/mol. The van der Waals surface area contributed by atoms with Crippen LogP contribution in [-0.2, 0) is 0 Å². The van der Waals surface area contributed by atoms with Gasteiger partial charge >= 0.3 is 0 Å². The van der Waals surface area contributed by atoms with Gasteiger partial charge in [-0.05, 0) is 51.9 Å². The highest BCUT2D eigenvalue weighted by Gasteiger charge is 2.44. The van der Waals surface area contributed by atoms with Crippen molar-refractivity contribution in [3.05, 3.63) is 84.1 Å². The molecule has 1 amide bonds. The number of rotatable bonds is 4. The van der Waals surface area contributed by atoms with E-state index in [1.54, 1.807) is 24.1 Å². The van der Waals surface area contributed by atoms with Crippen LogP contribution in [0.15, 0.2) is 72.8 Å². The second-order valence-electron chi connectivity index (χ2n) is 10.4. The first-order valence-electron chi connectivity index (χ1n) is 13.5. The van der Waals surface area contributed by atoms with Gasteiger partial charge in [0.05, 0.1) is 19.1 Å². The molecular formula is C31H26N6O4. The van der Waals surface area contributed by atoms with Crippen molar-refractivity contribution in [1.29, 1.82) is 0 Å². The van der Waals surface area contributed by atoms with Gasteiger partial charge in [-0.15, -0.1) is 5.10 Å². The van der Waals surface area contributed by atoms with Crippen LogP contribution >= 0.6 is 0 Å². The SMILES string of the molecule is COc1cccc2c(-c3ccccc3)cc(C(=O)N3CCC4(CC3)CC(=O)c3cc(-c5nnn[nH]5)ccc3O4)nc12. The molecule has 204 valence electrons. The van der Waals surface area contributed by atoms with E-state index in [2.05, 4.69) is 20.6 Å². The number of H-pyrrole nitrogens is 1. The van der Waals surface area contributed by atoms with Crippen LogP contribution in [0, 0.1) is 0 Å². The number of benzene rings is 3. The summed E-state index contributed by atoms with van der Waals surface area (Å²) in [4.78, 5) is 33.6. The number of tetrazole rings is 1. The van der Waals surface area contributed by atoms with Crippen molar-refractivity contribution in [2.24, 2.45) is 0 Å². The first kappa shape index (κ1) is 24.9. The van der Waals surface area contributed by atoms with E-state index in [4.69, 9.17) is 14.5 Å². The fourth-order valence-corrected chi connectivity index (χ4v) is 5.83. The van der Waals surface area contributed by atoms with Crippen LogP contribution in [0.4, 0.5) is 0 Å². The van der Waals surface area contributed by atoms with Gasteiger partial charge in [0.15, 0.2) is 11.6 Å².